The highest BCUT2D eigenvalue weighted by atomic mass is 32.1. The van der Waals surface area contributed by atoms with Gasteiger partial charge in [-0.15, -0.1) is 11.3 Å². The van der Waals surface area contributed by atoms with Crippen LogP contribution in [0.5, 0.6) is 5.75 Å². The number of hydrogen-bond donors (Lipinski definition) is 1. The van der Waals surface area contributed by atoms with Crippen molar-refractivity contribution in [2.45, 2.75) is 0 Å². The lowest BCUT2D eigenvalue weighted by molar-refractivity contribution is 0.0698. The van der Waals surface area contributed by atoms with Crippen molar-refractivity contribution in [3.05, 3.63) is 52.2 Å². The molecule has 0 aliphatic rings. The molecule has 2 aromatic rings. The molecule has 0 bridgehead atoms. The van der Waals surface area contributed by atoms with E-state index in [2.05, 4.69) is 11.8 Å². The molecule has 0 fully saturated rings. The van der Waals surface area contributed by atoms with E-state index in [0.29, 0.717) is 5.75 Å². The minimum Gasteiger partial charge on any atom is -0.479 e. The summed E-state index contributed by atoms with van der Waals surface area (Å²) in [4.78, 5) is 11.0. The number of ether oxygens (including phenoxy) is 1. The monoisotopic (exact) mass is 258 g/mol. The lowest BCUT2D eigenvalue weighted by Crippen LogP contribution is -1.99. The second kappa shape index (κ2) is 5.89. The molecule has 18 heavy (non-hydrogen) atoms. The predicted octanol–water partition coefficient (Wildman–Crippen LogP) is 2.88. The van der Waals surface area contributed by atoms with Crippen LogP contribution in [0.15, 0.2) is 41.8 Å². The highest BCUT2D eigenvalue weighted by molar-refractivity contribution is 7.12. The Morgan fingerprint density at radius 3 is 2.78 bits per heavy atom. The maximum Gasteiger partial charge on any atom is 0.349 e. The summed E-state index contributed by atoms with van der Waals surface area (Å²) >= 11 is 1.14. The Labute approximate surface area is 109 Å². The highest BCUT2D eigenvalue weighted by Gasteiger charge is 2.11. The number of carboxylic acid groups (broad SMARTS) is 1. The number of aromatic carboxylic acids is 1. The van der Waals surface area contributed by atoms with Crippen LogP contribution in [0.1, 0.15) is 15.2 Å². The van der Waals surface area contributed by atoms with Crippen LogP contribution in [0.4, 0.5) is 0 Å². The van der Waals surface area contributed by atoms with Crippen LogP contribution in [0.2, 0.25) is 0 Å². The largest absolute Gasteiger partial charge is 0.479 e. The molecule has 0 spiro atoms. The molecule has 0 aliphatic heterocycles. The van der Waals surface area contributed by atoms with E-state index in [1.54, 1.807) is 11.4 Å². The second-order valence-electron chi connectivity index (χ2n) is 3.38. The quantitative estimate of drug-likeness (QED) is 0.861. The van der Waals surface area contributed by atoms with E-state index >= 15 is 0 Å². The number of hydrogen-bond acceptors (Lipinski definition) is 3. The van der Waals surface area contributed by atoms with Crippen LogP contribution < -0.4 is 4.74 Å². The van der Waals surface area contributed by atoms with Gasteiger partial charge in [-0.2, -0.15) is 0 Å². The van der Waals surface area contributed by atoms with Gasteiger partial charge in [0.1, 0.15) is 12.4 Å². The summed E-state index contributed by atoms with van der Waals surface area (Å²) in [5.41, 5.74) is 0.907. The SMILES string of the molecule is O=C(O)c1sccc1OCC#Cc1ccccc1. The molecule has 0 saturated heterocycles. The Morgan fingerprint density at radius 2 is 2.06 bits per heavy atom. The van der Waals surface area contributed by atoms with Crippen LogP contribution >= 0.6 is 11.3 Å². The number of rotatable bonds is 3. The second-order valence-corrected chi connectivity index (χ2v) is 4.29. The van der Waals surface area contributed by atoms with E-state index in [1.165, 1.54) is 0 Å². The average molecular weight is 258 g/mol. The zero-order chi connectivity index (χ0) is 12.8. The molecule has 90 valence electrons. The molecule has 0 amide bonds. The zero-order valence-corrected chi connectivity index (χ0v) is 10.2. The summed E-state index contributed by atoms with van der Waals surface area (Å²) in [6.45, 7) is 0.173. The highest BCUT2D eigenvalue weighted by Crippen LogP contribution is 2.24. The molecule has 1 heterocycles. The first-order valence-electron chi connectivity index (χ1n) is 5.25. The molecule has 1 aromatic carbocycles. The molecular weight excluding hydrogens is 248 g/mol. The van der Waals surface area contributed by atoms with E-state index < -0.39 is 5.97 Å². The third-order valence-corrected chi connectivity index (χ3v) is 3.01. The van der Waals surface area contributed by atoms with Crippen LogP contribution in [-0.2, 0) is 0 Å². The molecule has 0 atom stereocenters. The number of carboxylic acids is 1. The number of carbonyl (C=O) groups is 1. The molecule has 0 saturated carbocycles. The van der Waals surface area contributed by atoms with Crippen molar-refractivity contribution in [1.29, 1.82) is 0 Å². The molecule has 0 aliphatic carbocycles. The van der Waals surface area contributed by atoms with Gasteiger partial charge in [0.25, 0.3) is 0 Å². The first kappa shape index (κ1) is 12.2. The normalized spacial score (nSPS) is 9.33. The van der Waals surface area contributed by atoms with Gasteiger partial charge in [0.2, 0.25) is 0 Å². The van der Waals surface area contributed by atoms with Crippen molar-refractivity contribution < 1.29 is 14.6 Å². The first-order valence-corrected chi connectivity index (χ1v) is 6.13. The molecule has 0 unspecified atom stereocenters. The van der Waals surface area contributed by atoms with E-state index in [1.807, 2.05) is 30.3 Å². The van der Waals surface area contributed by atoms with Gasteiger partial charge >= 0.3 is 5.97 Å². The topological polar surface area (TPSA) is 46.5 Å². The summed E-state index contributed by atoms with van der Waals surface area (Å²) in [7, 11) is 0. The van der Waals surface area contributed by atoms with E-state index in [0.717, 1.165) is 16.9 Å². The summed E-state index contributed by atoms with van der Waals surface area (Å²) in [5.74, 6) is 5.18. The Bertz CT molecular complexity index is 590. The van der Waals surface area contributed by atoms with Crippen LogP contribution in [0.25, 0.3) is 0 Å². The Balaban J connectivity index is 1.95. The summed E-state index contributed by atoms with van der Waals surface area (Å²) in [5, 5.41) is 10.6. The van der Waals surface area contributed by atoms with Crippen molar-refractivity contribution in [1.82, 2.24) is 0 Å². The number of thiophene rings is 1. The van der Waals surface area contributed by atoms with Gasteiger partial charge in [-0.1, -0.05) is 30.0 Å². The lowest BCUT2D eigenvalue weighted by Gasteiger charge is -1.99. The minimum absolute atomic E-state index is 0.173. The smallest absolute Gasteiger partial charge is 0.349 e. The van der Waals surface area contributed by atoms with Gasteiger partial charge < -0.3 is 9.84 Å². The van der Waals surface area contributed by atoms with Crippen LogP contribution in [-0.4, -0.2) is 17.7 Å². The molecule has 0 radical (unpaired) electrons. The zero-order valence-electron chi connectivity index (χ0n) is 9.42. The van der Waals surface area contributed by atoms with E-state index in [9.17, 15) is 4.79 Å². The van der Waals surface area contributed by atoms with Gasteiger partial charge in [-0.05, 0) is 23.6 Å². The molecule has 4 heteroatoms. The van der Waals surface area contributed by atoms with Gasteiger partial charge in [-0.25, -0.2) is 4.79 Å². The predicted molar refractivity (Wildman–Crippen MR) is 70.1 cm³/mol. The summed E-state index contributed by atoms with van der Waals surface area (Å²) in [6.07, 6.45) is 0. The van der Waals surface area contributed by atoms with Gasteiger partial charge in [0.05, 0.1) is 0 Å². The van der Waals surface area contributed by atoms with E-state index in [4.69, 9.17) is 9.84 Å². The van der Waals surface area contributed by atoms with Gasteiger partial charge in [0.15, 0.2) is 4.88 Å². The van der Waals surface area contributed by atoms with Crippen molar-refractivity contribution in [2.24, 2.45) is 0 Å². The fraction of sp³-hybridized carbons (Fsp3) is 0.0714. The maximum absolute atomic E-state index is 10.8. The summed E-state index contributed by atoms with van der Waals surface area (Å²) < 4.78 is 5.32. The minimum atomic E-state index is -0.976. The fourth-order valence-corrected chi connectivity index (χ4v) is 2.01. The maximum atomic E-state index is 10.8. The Hall–Kier alpha value is -2.25. The first-order chi connectivity index (χ1) is 8.77. The number of benzene rings is 1. The van der Waals surface area contributed by atoms with Crippen LogP contribution in [0, 0.1) is 11.8 Å². The Kier molecular flexibility index (Phi) is 4.00. The third-order valence-electron chi connectivity index (χ3n) is 2.13. The average Bonchev–Trinajstić information content (AvgIpc) is 2.84. The van der Waals surface area contributed by atoms with Gasteiger partial charge in [0, 0.05) is 5.56 Å². The third kappa shape index (κ3) is 3.12. The molecule has 1 aromatic heterocycles. The Morgan fingerprint density at radius 1 is 1.28 bits per heavy atom. The molecule has 3 nitrogen and oxygen atoms in total. The summed E-state index contributed by atoms with van der Waals surface area (Å²) in [6, 6.07) is 11.2. The lowest BCUT2D eigenvalue weighted by atomic mass is 10.2. The van der Waals surface area contributed by atoms with Crippen molar-refractivity contribution in [2.75, 3.05) is 6.61 Å². The van der Waals surface area contributed by atoms with Crippen LogP contribution in [0.3, 0.4) is 0 Å². The molecular formula is C14H10O3S. The van der Waals surface area contributed by atoms with Crippen molar-refractivity contribution >= 4 is 17.3 Å². The molecule has 1 N–H and O–H groups in total. The van der Waals surface area contributed by atoms with E-state index in [-0.39, 0.29) is 11.5 Å². The van der Waals surface area contributed by atoms with Crippen molar-refractivity contribution in [3.63, 3.8) is 0 Å². The van der Waals surface area contributed by atoms with Crippen molar-refractivity contribution in [3.8, 4) is 17.6 Å². The standard InChI is InChI=1S/C14H10O3S/c15-14(16)13-12(8-10-18-13)17-9-4-7-11-5-2-1-3-6-11/h1-3,5-6,8,10H,9H2,(H,15,16). The van der Waals surface area contributed by atoms with Gasteiger partial charge in [-0.3, -0.25) is 0 Å². The fourth-order valence-electron chi connectivity index (χ4n) is 1.34. The molecule has 2 rings (SSSR count).